The summed E-state index contributed by atoms with van der Waals surface area (Å²) in [6, 6.07) is 7.82. The van der Waals surface area contributed by atoms with Gasteiger partial charge in [0.2, 0.25) is 5.91 Å². The molecule has 27 heavy (non-hydrogen) atoms. The number of benzene rings is 1. The van der Waals surface area contributed by atoms with E-state index in [0.717, 1.165) is 30.9 Å². The average Bonchev–Trinajstić information content (AvgIpc) is 3.18. The Morgan fingerprint density at radius 1 is 1.19 bits per heavy atom. The quantitative estimate of drug-likeness (QED) is 0.817. The highest BCUT2D eigenvalue weighted by Crippen LogP contribution is 2.20. The van der Waals surface area contributed by atoms with Gasteiger partial charge in [0.25, 0.3) is 0 Å². The number of ether oxygens (including phenoxy) is 1. The van der Waals surface area contributed by atoms with Crippen LogP contribution in [0.1, 0.15) is 12.5 Å². The molecule has 1 saturated heterocycles. The number of nitrogens with zero attached hydrogens (tertiary/aromatic N) is 5. The van der Waals surface area contributed by atoms with Crippen molar-refractivity contribution >= 4 is 17.6 Å². The number of piperazine rings is 1. The average molecular weight is 371 g/mol. The maximum Gasteiger partial charge on any atom is 0.344 e. The van der Waals surface area contributed by atoms with Gasteiger partial charge in [-0.1, -0.05) is 18.2 Å². The molecule has 2 amide bonds. The number of para-hydroxylation sites is 1. The summed E-state index contributed by atoms with van der Waals surface area (Å²) in [4.78, 5) is 29.6. The summed E-state index contributed by atoms with van der Waals surface area (Å²) in [6.07, 6.45) is 3.11. The summed E-state index contributed by atoms with van der Waals surface area (Å²) in [5.41, 5.74) is 1.74. The normalized spacial score (nSPS) is 14.9. The first-order valence-corrected chi connectivity index (χ1v) is 8.92. The van der Waals surface area contributed by atoms with E-state index >= 15 is 0 Å². The van der Waals surface area contributed by atoms with Crippen LogP contribution in [-0.2, 0) is 11.3 Å². The van der Waals surface area contributed by atoms with E-state index in [1.807, 2.05) is 18.2 Å². The van der Waals surface area contributed by atoms with Crippen LogP contribution in [0.25, 0.3) is 0 Å². The minimum absolute atomic E-state index is 0.105. The molecular formula is C19H25N5O3. The second-order valence-electron chi connectivity index (χ2n) is 6.58. The highest BCUT2D eigenvalue weighted by molar-refractivity contribution is 5.91. The van der Waals surface area contributed by atoms with E-state index in [1.54, 1.807) is 25.3 Å². The number of aromatic nitrogens is 2. The zero-order valence-electron chi connectivity index (χ0n) is 16.0. The fourth-order valence-corrected chi connectivity index (χ4v) is 3.09. The Balaban J connectivity index is 1.57. The van der Waals surface area contributed by atoms with Gasteiger partial charge in [-0.15, -0.1) is 0 Å². The number of amides is 2. The molecule has 3 rings (SSSR count). The van der Waals surface area contributed by atoms with Gasteiger partial charge in [-0.05, 0) is 6.07 Å². The molecule has 0 saturated carbocycles. The molecule has 0 atom stereocenters. The van der Waals surface area contributed by atoms with E-state index < -0.39 is 0 Å². The zero-order valence-corrected chi connectivity index (χ0v) is 16.0. The summed E-state index contributed by atoms with van der Waals surface area (Å²) >= 11 is 0. The first kappa shape index (κ1) is 18.9. The number of carbonyl (C=O) groups excluding carboxylic acids is 2. The van der Waals surface area contributed by atoms with Gasteiger partial charge in [-0.2, -0.15) is 9.78 Å². The Bertz CT molecular complexity index is 811. The van der Waals surface area contributed by atoms with Gasteiger partial charge in [-0.3, -0.25) is 9.69 Å². The predicted octanol–water partition coefficient (Wildman–Crippen LogP) is 1.66. The van der Waals surface area contributed by atoms with Gasteiger partial charge >= 0.3 is 6.03 Å². The molecule has 1 fully saturated rings. The third kappa shape index (κ3) is 4.28. The third-order valence-electron chi connectivity index (χ3n) is 4.85. The monoisotopic (exact) mass is 371 g/mol. The Labute approximate surface area is 158 Å². The zero-order chi connectivity index (χ0) is 19.4. The van der Waals surface area contributed by atoms with Crippen LogP contribution < -0.4 is 9.64 Å². The number of hydrogen-bond donors (Lipinski definition) is 0. The molecule has 8 heteroatoms. The van der Waals surface area contributed by atoms with Crippen molar-refractivity contribution in [3.05, 3.63) is 42.2 Å². The van der Waals surface area contributed by atoms with Gasteiger partial charge in [-0.25, -0.2) is 4.79 Å². The molecule has 0 N–H and O–H groups in total. The number of methoxy groups -OCH3 is 1. The van der Waals surface area contributed by atoms with E-state index in [4.69, 9.17) is 4.74 Å². The molecule has 1 aliphatic rings. The topological polar surface area (TPSA) is 70.9 Å². The van der Waals surface area contributed by atoms with E-state index in [0.29, 0.717) is 18.8 Å². The van der Waals surface area contributed by atoms with Crippen molar-refractivity contribution in [2.24, 2.45) is 0 Å². The molecule has 1 aliphatic heterocycles. The van der Waals surface area contributed by atoms with Crippen LogP contribution in [0, 0.1) is 0 Å². The summed E-state index contributed by atoms with van der Waals surface area (Å²) in [6.45, 7) is 5.09. The van der Waals surface area contributed by atoms with Crippen LogP contribution in [0.15, 0.2) is 36.7 Å². The highest BCUT2D eigenvalue weighted by atomic mass is 16.5. The van der Waals surface area contributed by atoms with Crippen LogP contribution in [0.3, 0.4) is 0 Å². The maximum absolute atomic E-state index is 12.7. The molecule has 0 aliphatic carbocycles. The van der Waals surface area contributed by atoms with Crippen molar-refractivity contribution in [2.75, 3.05) is 45.2 Å². The fraction of sp³-hybridized carbons (Fsp3) is 0.421. The predicted molar refractivity (Wildman–Crippen MR) is 102 cm³/mol. The minimum atomic E-state index is -0.171. The van der Waals surface area contributed by atoms with Crippen LogP contribution >= 0.6 is 0 Å². The molecule has 144 valence electrons. The van der Waals surface area contributed by atoms with Crippen molar-refractivity contribution in [1.82, 2.24) is 19.6 Å². The van der Waals surface area contributed by atoms with Crippen LogP contribution in [0.2, 0.25) is 0 Å². The molecule has 0 unspecified atom stereocenters. The first-order valence-electron chi connectivity index (χ1n) is 8.92. The Kier molecular flexibility index (Phi) is 5.75. The Hall–Kier alpha value is -2.87. The lowest BCUT2D eigenvalue weighted by Gasteiger charge is -2.34. The summed E-state index contributed by atoms with van der Waals surface area (Å²) in [5.74, 6) is 0.779. The van der Waals surface area contributed by atoms with Gasteiger partial charge < -0.3 is 14.5 Å². The molecule has 8 nitrogen and oxygen atoms in total. The van der Waals surface area contributed by atoms with Crippen molar-refractivity contribution in [1.29, 1.82) is 0 Å². The number of anilines is 1. The standard InChI is InChI=1S/C19H25N5O3/c1-15(25)21(2)17-12-20-24(14-17)19(26)23-10-8-22(9-11-23)13-16-6-4-5-7-18(16)27-3/h4-7,12,14H,8-11,13H2,1-3H3. The van der Waals surface area contributed by atoms with Crippen LogP contribution in [-0.4, -0.2) is 71.9 Å². The number of hydrogen-bond acceptors (Lipinski definition) is 5. The van der Waals surface area contributed by atoms with Crippen molar-refractivity contribution in [2.45, 2.75) is 13.5 Å². The Morgan fingerprint density at radius 3 is 2.56 bits per heavy atom. The van der Waals surface area contributed by atoms with E-state index in [9.17, 15) is 9.59 Å². The lowest BCUT2D eigenvalue weighted by molar-refractivity contribution is -0.116. The fourth-order valence-electron chi connectivity index (χ4n) is 3.09. The molecule has 1 aromatic heterocycles. The molecule has 0 radical (unpaired) electrons. The molecule has 0 bridgehead atoms. The van der Waals surface area contributed by atoms with Crippen molar-refractivity contribution in [3.8, 4) is 5.75 Å². The van der Waals surface area contributed by atoms with Crippen molar-refractivity contribution in [3.63, 3.8) is 0 Å². The van der Waals surface area contributed by atoms with Crippen LogP contribution in [0.5, 0.6) is 5.75 Å². The van der Waals surface area contributed by atoms with Gasteiger partial charge in [0, 0.05) is 52.3 Å². The van der Waals surface area contributed by atoms with Gasteiger partial charge in [0.15, 0.2) is 0 Å². The number of carbonyl (C=O) groups is 2. The maximum atomic E-state index is 12.7. The molecule has 2 heterocycles. The van der Waals surface area contributed by atoms with E-state index in [1.165, 1.54) is 22.7 Å². The second kappa shape index (κ2) is 8.22. The summed E-state index contributed by atoms with van der Waals surface area (Å²) in [5, 5.41) is 4.11. The third-order valence-corrected chi connectivity index (χ3v) is 4.85. The molecular weight excluding hydrogens is 346 g/mol. The van der Waals surface area contributed by atoms with Gasteiger partial charge in [0.05, 0.1) is 25.2 Å². The van der Waals surface area contributed by atoms with E-state index in [-0.39, 0.29) is 11.9 Å². The first-order chi connectivity index (χ1) is 13.0. The largest absolute Gasteiger partial charge is 0.496 e. The minimum Gasteiger partial charge on any atom is -0.496 e. The lowest BCUT2D eigenvalue weighted by atomic mass is 10.1. The smallest absolute Gasteiger partial charge is 0.344 e. The van der Waals surface area contributed by atoms with Gasteiger partial charge in [0.1, 0.15) is 5.75 Å². The van der Waals surface area contributed by atoms with E-state index in [2.05, 4.69) is 16.1 Å². The SMILES string of the molecule is COc1ccccc1CN1CCN(C(=O)n2cc(N(C)C(C)=O)cn2)CC1. The summed E-state index contributed by atoms with van der Waals surface area (Å²) in [7, 11) is 3.34. The second-order valence-corrected chi connectivity index (χ2v) is 6.58. The van der Waals surface area contributed by atoms with Crippen molar-refractivity contribution < 1.29 is 14.3 Å². The number of rotatable bonds is 4. The molecule has 0 spiro atoms. The Morgan fingerprint density at radius 2 is 1.89 bits per heavy atom. The highest BCUT2D eigenvalue weighted by Gasteiger charge is 2.24. The van der Waals surface area contributed by atoms with Crippen LogP contribution in [0.4, 0.5) is 10.5 Å². The molecule has 2 aromatic rings. The summed E-state index contributed by atoms with van der Waals surface area (Å²) < 4.78 is 6.71. The lowest BCUT2D eigenvalue weighted by Crippen LogP contribution is -2.49. The molecule has 1 aromatic carbocycles.